The maximum Gasteiger partial charge on any atom is 0.336 e. The van der Waals surface area contributed by atoms with Gasteiger partial charge in [0.2, 0.25) is 5.43 Å². The van der Waals surface area contributed by atoms with Crippen LogP contribution in [0.4, 0.5) is 0 Å². The number of benzene rings is 2. The van der Waals surface area contributed by atoms with Crippen molar-refractivity contribution < 1.29 is 44.2 Å². The van der Waals surface area contributed by atoms with Crippen LogP contribution in [-0.4, -0.2) is 48.9 Å². The van der Waals surface area contributed by atoms with E-state index in [1.54, 1.807) is 0 Å². The van der Waals surface area contributed by atoms with Crippen molar-refractivity contribution in [2.45, 2.75) is 0 Å². The Morgan fingerprint density at radius 2 is 0.929 bits per heavy atom. The first-order valence-corrected chi connectivity index (χ1v) is 8.45. The van der Waals surface area contributed by atoms with E-state index in [0.29, 0.717) is 0 Å². The van der Waals surface area contributed by atoms with Crippen molar-refractivity contribution in [2.75, 3.05) is 0 Å². The highest BCUT2D eigenvalue weighted by atomic mass is 32.2. The number of carboxylic acid groups (broad SMARTS) is 4. The number of aromatic carboxylic acids is 4. The molecule has 10 nitrogen and oxygen atoms in total. The Bertz CT molecular complexity index is 1210. The van der Waals surface area contributed by atoms with E-state index in [0.717, 1.165) is 24.3 Å². The quantitative estimate of drug-likeness (QED) is 0.369. The van der Waals surface area contributed by atoms with Crippen molar-refractivity contribution >= 4 is 54.8 Å². The fourth-order valence-electron chi connectivity index (χ4n) is 2.79. The van der Waals surface area contributed by atoms with E-state index in [9.17, 15) is 49.0 Å². The number of carbonyl (C=O) groups is 4. The third kappa shape index (κ3) is 2.74. The normalized spacial score (nSPS) is 10.9. The van der Waals surface area contributed by atoms with E-state index < -0.39 is 62.3 Å². The highest BCUT2D eigenvalue weighted by molar-refractivity contribution is 7.36. The maximum absolute atomic E-state index is 12.8. The topological polar surface area (TPSA) is 189 Å². The summed E-state index contributed by atoms with van der Waals surface area (Å²) in [6.07, 6.45) is 0. The van der Waals surface area contributed by atoms with Crippen molar-refractivity contribution in [3.05, 3.63) is 56.7 Å². The van der Waals surface area contributed by atoms with Crippen molar-refractivity contribution in [3.63, 3.8) is 0 Å². The van der Waals surface area contributed by atoms with E-state index in [4.69, 9.17) is 0 Å². The predicted octanol–water partition coefficient (Wildman–Crippen LogP) is 1.87. The smallest absolute Gasteiger partial charge is 0.336 e. The van der Waals surface area contributed by atoms with Crippen LogP contribution >= 0.6 is 10.8 Å². The Hall–Kier alpha value is -3.83. The van der Waals surface area contributed by atoms with E-state index >= 15 is 0 Å². The highest BCUT2D eigenvalue weighted by Gasteiger charge is 2.26. The third-order valence-corrected chi connectivity index (χ3v) is 5.52. The number of hydrogen-bond acceptors (Lipinski definition) is 6. The van der Waals surface area contributed by atoms with Crippen LogP contribution in [0, 0.1) is 0 Å². The minimum absolute atomic E-state index is 0.306. The molecule has 0 amide bonds. The van der Waals surface area contributed by atoms with Gasteiger partial charge in [0.05, 0.1) is 33.0 Å². The Balaban J connectivity index is 2.59. The van der Waals surface area contributed by atoms with Crippen LogP contribution in [0.25, 0.3) is 20.2 Å². The van der Waals surface area contributed by atoms with Gasteiger partial charge in [0.25, 0.3) is 0 Å². The largest absolute Gasteiger partial charge is 0.590 e. The van der Waals surface area contributed by atoms with Crippen molar-refractivity contribution in [1.29, 1.82) is 0 Å². The summed E-state index contributed by atoms with van der Waals surface area (Å²) in [6.45, 7) is 0. The summed E-state index contributed by atoms with van der Waals surface area (Å²) < 4.78 is 12.2. The van der Waals surface area contributed by atoms with Gasteiger partial charge < -0.3 is 25.0 Å². The predicted molar refractivity (Wildman–Crippen MR) is 94.2 cm³/mol. The molecular formula is C17H8O10S. The first-order valence-electron chi connectivity index (χ1n) is 7.30. The van der Waals surface area contributed by atoms with Crippen LogP contribution in [0.1, 0.15) is 41.4 Å². The molecule has 3 aromatic rings. The number of fused-ring (bicyclic) bond motifs is 2. The molecule has 11 heteroatoms. The summed E-state index contributed by atoms with van der Waals surface area (Å²) in [5.41, 5.74) is -3.71. The Kier molecular flexibility index (Phi) is 4.33. The van der Waals surface area contributed by atoms with Gasteiger partial charge in [-0.05, 0) is 22.9 Å². The molecule has 0 aliphatic carbocycles. The molecule has 0 spiro atoms. The van der Waals surface area contributed by atoms with Crippen LogP contribution < -0.4 is 5.43 Å². The molecule has 1 heterocycles. The molecular weight excluding hydrogens is 396 g/mol. The van der Waals surface area contributed by atoms with E-state index in [1.807, 2.05) is 0 Å². The summed E-state index contributed by atoms with van der Waals surface area (Å²) >= 11 is 0. The van der Waals surface area contributed by atoms with Gasteiger partial charge in [-0.25, -0.2) is 19.2 Å². The van der Waals surface area contributed by atoms with Crippen LogP contribution in [0.2, 0.25) is 0 Å². The lowest BCUT2D eigenvalue weighted by molar-refractivity contribution is 0.0652. The minimum atomic E-state index is -2.24. The van der Waals surface area contributed by atoms with Crippen molar-refractivity contribution in [1.82, 2.24) is 0 Å². The molecule has 1 aromatic heterocycles. The van der Waals surface area contributed by atoms with Gasteiger partial charge in [-0.2, -0.15) is 0 Å². The Morgan fingerprint density at radius 3 is 1.21 bits per heavy atom. The molecule has 0 bridgehead atoms. The Labute approximate surface area is 156 Å². The molecule has 28 heavy (non-hydrogen) atoms. The Morgan fingerprint density at radius 1 is 0.643 bits per heavy atom. The van der Waals surface area contributed by atoms with Gasteiger partial charge in [-0.15, -0.1) is 0 Å². The summed E-state index contributed by atoms with van der Waals surface area (Å²) in [5.74, 6) is -6.50. The van der Waals surface area contributed by atoms with Crippen LogP contribution in [0.5, 0.6) is 0 Å². The fraction of sp³-hybridized carbons (Fsp3) is 0. The molecule has 0 atom stereocenters. The summed E-state index contributed by atoms with van der Waals surface area (Å²) in [6, 6.07) is 3.08. The van der Waals surface area contributed by atoms with Gasteiger partial charge in [0, 0.05) is 12.1 Å². The first-order chi connectivity index (χ1) is 13.0. The molecule has 0 saturated carbocycles. The third-order valence-electron chi connectivity index (χ3n) is 4.05. The second kappa shape index (κ2) is 6.40. The van der Waals surface area contributed by atoms with Crippen LogP contribution in [0.15, 0.2) is 29.1 Å². The summed E-state index contributed by atoms with van der Waals surface area (Å²) in [4.78, 5) is 58.0. The lowest BCUT2D eigenvalue weighted by atomic mass is 10.0. The van der Waals surface area contributed by atoms with Gasteiger partial charge in [-0.3, -0.25) is 4.79 Å². The number of rotatable bonds is 4. The van der Waals surface area contributed by atoms with E-state index in [-0.39, 0.29) is 20.2 Å². The van der Waals surface area contributed by atoms with Crippen molar-refractivity contribution in [2.24, 2.45) is 0 Å². The monoisotopic (exact) mass is 404 g/mol. The van der Waals surface area contributed by atoms with Crippen LogP contribution in [0.3, 0.4) is 0 Å². The van der Waals surface area contributed by atoms with Gasteiger partial charge in [-0.1, -0.05) is 0 Å². The van der Waals surface area contributed by atoms with Gasteiger partial charge in [0.1, 0.15) is 0 Å². The zero-order valence-electron chi connectivity index (χ0n) is 13.5. The van der Waals surface area contributed by atoms with Crippen molar-refractivity contribution in [3.8, 4) is 0 Å². The lowest BCUT2D eigenvalue weighted by Gasteiger charge is -2.09. The molecule has 0 fully saturated rings. The zero-order valence-corrected chi connectivity index (χ0v) is 14.3. The van der Waals surface area contributed by atoms with Gasteiger partial charge >= 0.3 is 23.9 Å². The highest BCUT2D eigenvalue weighted by Crippen LogP contribution is 2.35. The average Bonchev–Trinajstić information content (AvgIpc) is 2.63. The van der Waals surface area contributed by atoms with Crippen LogP contribution in [-0.2, 0) is 0 Å². The fourth-order valence-corrected chi connectivity index (χ4v) is 4.18. The van der Waals surface area contributed by atoms with E-state index in [1.165, 1.54) is 0 Å². The van der Waals surface area contributed by atoms with E-state index in [2.05, 4.69) is 0 Å². The molecule has 2 aromatic carbocycles. The maximum atomic E-state index is 12.8. The summed E-state index contributed by atoms with van der Waals surface area (Å²) in [5, 5.41) is 36.0. The molecule has 142 valence electrons. The molecule has 0 aliphatic heterocycles. The molecule has 0 unspecified atom stereocenters. The molecule has 0 radical (unpaired) electrons. The molecule has 4 N–H and O–H groups in total. The standard InChI is InChI=1S/C17H8O10S/c18-13-9-1-5(14(19)20)7(16(23)24)3-11(9)28(27)12-4-8(17(25)26)6(15(21)22)2-10(12)13/h1-4H,(H,19,20)(H,21,22)(H,23,24)(H,25,26). The lowest BCUT2D eigenvalue weighted by Crippen LogP contribution is -2.13. The SMILES string of the molecule is O=C(O)c1cc2c(=O)c3cc(C(=O)O)c(C(=O)O)cc3[s+]([O-])c2cc1C(=O)O. The first kappa shape index (κ1) is 18.9. The number of carboxylic acids is 4. The minimum Gasteiger partial charge on any atom is -0.590 e. The molecule has 0 saturated heterocycles. The molecule has 3 rings (SSSR count). The second-order valence-corrected chi connectivity index (χ2v) is 7.02. The zero-order chi connectivity index (χ0) is 20.9. The molecule has 0 aliphatic rings. The average molecular weight is 404 g/mol. The number of hydrogen-bond donors (Lipinski definition) is 4. The van der Waals surface area contributed by atoms with Gasteiger partial charge in [0.15, 0.2) is 9.40 Å². The second-order valence-electron chi connectivity index (χ2n) is 5.61. The summed E-state index contributed by atoms with van der Waals surface area (Å²) in [7, 11) is -2.24.